The van der Waals surface area contributed by atoms with Gasteiger partial charge in [-0.2, -0.15) is 0 Å². The highest BCUT2D eigenvalue weighted by Gasteiger charge is 1.87. The maximum Gasteiger partial charge on any atom is 0.282 e. The molecule has 4 heteroatoms. The smallest absolute Gasteiger partial charge is 0.282 e. The minimum Gasteiger partial charge on any atom is -0.462 e. The summed E-state index contributed by atoms with van der Waals surface area (Å²) in [7, 11) is 3.16. The van der Waals surface area contributed by atoms with Gasteiger partial charge in [-0.15, -0.1) is 0 Å². The van der Waals surface area contributed by atoms with Crippen molar-refractivity contribution in [2.75, 3.05) is 14.1 Å². The highest BCUT2D eigenvalue weighted by Crippen LogP contribution is 1.44. The number of aliphatic imine (C=N–C) groups is 1. The number of hydrogen-bond donors (Lipinski definition) is 2. The van der Waals surface area contributed by atoms with Gasteiger partial charge >= 0.3 is 0 Å². The molecule has 0 aromatic carbocycles. The topological polar surface area (TPSA) is 66.6 Å². The van der Waals surface area contributed by atoms with Gasteiger partial charge in [-0.1, -0.05) is 0 Å². The lowest BCUT2D eigenvalue weighted by Gasteiger charge is -2.10. The Morgan fingerprint density at radius 3 is 2.29 bits per heavy atom. The molecule has 0 heterocycles. The third-order valence-electron chi connectivity index (χ3n) is 0.625. The average Bonchev–Trinajstić information content (AvgIpc) is 1.65. The van der Waals surface area contributed by atoms with Crippen LogP contribution < -0.4 is 10.7 Å². The highest BCUT2D eigenvalue weighted by atomic mass is 15.4. The van der Waals surface area contributed by atoms with Crippen molar-refractivity contribution in [3.05, 3.63) is 5.84 Å². The van der Waals surface area contributed by atoms with Crippen LogP contribution in [0.3, 0.4) is 0 Å². The molecule has 0 rings (SSSR count). The van der Waals surface area contributed by atoms with Gasteiger partial charge in [0.25, 0.3) is 5.96 Å². The molecule has 4 N–H and O–H groups in total. The van der Waals surface area contributed by atoms with Crippen LogP contribution in [0.25, 0.3) is 5.84 Å². The predicted octanol–water partition coefficient (Wildman–Crippen LogP) is -1.59. The normalized spacial score (nSPS) is 16.7. The molecule has 0 radical (unpaired) electrons. The standard InChI is InChI=1S/C3H10N4/c1-6-3(4)7(2)5/h5,7H,1-2H3,(H2,4,6). The zero-order valence-corrected chi connectivity index (χ0v) is 4.52. The molecule has 0 aliphatic carbocycles. The highest BCUT2D eigenvalue weighted by molar-refractivity contribution is 5.68. The Hall–Kier alpha value is -0.610. The summed E-state index contributed by atoms with van der Waals surface area (Å²) in [6.07, 6.45) is 0. The van der Waals surface area contributed by atoms with Crippen LogP contribution in [0.5, 0.6) is 0 Å². The van der Waals surface area contributed by atoms with Crippen molar-refractivity contribution in [1.29, 1.82) is 0 Å². The first-order valence-corrected chi connectivity index (χ1v) is 1.96. The second-order valence-corrected chi connectivity index (χ2v) is 1.23. The average molecular weight is 102 g/mol. The van der Waals surface area contributed by atoms with Crippen molar-refractivity contribution < 1.29 is 5.01 Å². The molecule has 0 aromatic rings. The summed E-state index contributed by atoms with van der Waals surface area (Å²) in [6.45, 7) is 0. The molecule has 0 fully saturated rings. The third kappa shape index (κ3) is 2.13. The monoisotopic (exact) mass is 102 g/mol. The Bertz CT molecular complexity index is 75.0. The van der Waals surface area contributed by atoms with Crippen LogP contribution in [0.4, 0.5) is 0 Å². The molecule has 0 bridgehead atoms. The Kier molecular flexibility index (Phi) is 2.32. The molecule has 4 nitrogen and oxygen atoms in total. The minimum atomic E-state index is 0.306. The lowest BCUT2D eigenvalue weighted by Crippen LogP contribution is -3.07. The van der Waals surface area contributed by atoms with Gasteiger partial charge in [0.2, 0.25) is 0 Å². The van der Waals surface area contributed by atoms with Crippen LogP contribution in [0.1, 0.15) is 0 Å². The number of guanidine groups is 1. The van der Waals surface area contributed by atoms with Crippen LogP contribution in [0, 0.1) is 0 Å². The minimum absolute atomic E-state index is 0.306. The van der Waals surface area contributed by atoms with Crippen molar-refractivity contribution in [3.63, 3.8) is 0 Å². The van der Waals surface area contributed by atoms with E-state index in [1.54, 1.807) is 14.1 Å². The van der Waals surface area contributed by atoms with E-state index in [-0.39, 0.29) is 0 Å². The molecule has 0 aliphatic heterocycles. The number of quaternary nitrogens is 1. The van der Waals surface area contributed by atoms with E-state index in [9.17, 15) is 0 Å². The Morgan fingerprint density at radius 2 is 2.29 bits per heavy atom. The van der Waals surface area contributed by atoms with E-state index in [0.29, 0.717) is 11.0 Å². The fourth-order valence-electron chi connectivity index (χ4n) is 0.168. The summed E-state index contributed by atoms with van der Waals surface area (Å²) in [5.74, 6) is 7.15. The van der Waals surface area contributed by atoms with E-state index in [4.69, 9.17) is 11.6 Å². The maximum absolute atomic E-state index is 6.84. The van der Waals surface area contributed by atoms with Crippen molar-refractivity contribution >= 4 is 5.96 Å². The number of nitrogens with one attached hydrogen (secondary N) is 2. The summed E-state index contributed by atoms with van der Waals surface area (Å²) in [5.41, 5.74) is 5.14. The van der Waals surface area contributed by atoms with Crippen LogP contribution in [0.15, 0.2) is 4.99 Å². The molecule has 0 amide bonds. The summed E-state index contributed by atoms with van der Waals surface area (Å²) in [5, 5.41) is 0.322. The van der Waals surface area contributed by atoms with Gasteiger partial charge in [0.1, 0.15) is 0 Å². The molecule has 0 spiro atoms. The molecular weight excluding hydrogens is 92.1 g/mol. The molecule has 1 atom stereocenters. The lowest BCUT2D eigenvalue weighted by molar-refractivity contribution is -0.724. The summed E-state index contributed by atoms with van der Waals surface area (Å²) < 4.78 is 0. The number of nitrogens with two attached hydrogens (primary N) is 1. The van der Waals surface area contributed by atoms with Crippen molar-refractivity contribution in [2.24, 2.45) is 10.7 Å². The Balaban J connectivity index is 3.56. The summed E-state index contributed by atoms with van der Waals surface area (Å²) >= 11 is 0. The van der Waals surface area contributed by atoms with Gasteiger partial charge in [0.15, 0.2) is 0 Å². The summed E-state index contributed by atoms with van der Waals surface area (Å²) in [6, 6.07) is 0. The first-order chi connectivity index (χ1) is 3.18. The van der Waals surface area contributed by atoms with Crippen molar-refractivity contribution in [3.8, 4) is 0 Å². The molecule has 42 valence electrons. The van der Waals surface area contributed by atoms with Gasteiger partial charge in [-0.25, -0.2) is 4.99 Å². The van der Waals surface area contributed by atoms with Crippen LogP contribution >= 0.6 is 0 Å². The molecule has 0 saturated heterocycles. The van der Waals surface area contributed by atoms with Gasteiger partial charge in [-0.3, -0.25) is 0 Å². The second-order valence-electron chi connectivity index (χ2n) is 1.23. The number of nitrogens with zero attached hydrogens (tertiary/aromatic N) is 1. The van der Waals surface area contributed by atoms with Gasteiger partial charge in [0, 0.05) is 7.05 Å². The number of hydrogen-bond acceptors (Lipinski definition) is 1. The van der Waals surface area contributed by atoms with E-state index in [0.717, 1.165) is 0 Å². The molecule has 0 aromatic heterocycles. The molecule has 0 saturated carbocycles. The predicted molar refractivity (Wildman–Crippen MR) is 28.8 cm³/mol. The molecular formula is C3H10N4. The van der Waals surface area contributed by atoms with Crippen LogP contribution in [0.2, 0.25) is 0 Å². The molecule has 1 unspecified atom stereocenters. The van der Waals surface area contributed by atoms with E-state index in [1.807, 2.05) is 0 Å². The van der Waals surface area contributed by atoms with E-state index >= 15 is 0 Å². The third-order valence-corrected chi connectivity index (χ3v) is 0.625. The van der Waals surface area contributed by atoms with Gasteiger partial charge in [0.05, 0.1) is 7.05 Å². The largest absolute Gasteiger partial charge is 0.462 e. The Morgan fingerprint density at radius 1 is 1.86 bits per heavy atom. The Labute approximate surface area is 42.8 Å². The van der Waals surface area contributed by atoms with Gasteiger partial charge < -0.3 is 16.6 Å². The fourth-order valence-corrected chi connectivity index (χ4v) is 0.168. The quantitative estimate of drug-likeness (QED) is 0.216. The second kappa shape index (κ2) is 2.54. The first kappa shape index (κ1) is 6.39. The zero-order chi connectivity index (χ0) is 5.86. The SMILES string of the molecule is CN=C(N)[NH+](C)[NH-]. The van der Waals surface area contributed by atoms with E-state index in [2.05, 4.69) is 4.99 Å². The molecule has 7 heavy (non-hydrogen) atoms. The van der Waals surface area contributed by atoms with Crippen molar-refractivity contribution in [2.45, 2.75) is 0 Å². The van der Waals surface area contributed by atoms with Crippen LogP contribution in [-0.4, -0.2) is 20.1 Å². The summed E-state index contributed by atoms with van der Waals surface area (Å²) in [4.78, 5) is 3.56. The maximum atomic E-state index is 6.84. The van der Waals surface area contributed by atoms with E-state index < -0.39 is 0 Å². The fraction of sp³-hybridized carbons (Fsp3) is 0.667. The molecule has 0 aliphatic rings. The van der Waals surface area contributed by atoms with Crippen molar-refractivity contribution in [1.82, 2.24) is 0 Å². The van der Waals surface area contributed by atoms with Crippen LogP contribution in [-0.2, 0) is 0 Å². The zero-order valence-electron chi connectivity index (χ0n) is 4.52. The van der Waals surface area contributed by atoms with E-state index in [1.165, 1.54) is 0 Å². The first-order valence-electron chi connectivity index (χ1n) is 1.96. The number of rotatable bonds is 0. The van der Waals surface area contributed by atoms with Gasteiger partial charge in [-0.05, 0) is 0 Å². The lowest BCUT2D eigenvalue weighted by atomic mass is 10.9.